The molecule has 0 atom stereocenters. The molecular formula is C20H18N4O2. The van der Waals surface area contributed by atoms with Crippen LogP contribution >= 0.6 is 0 Å². The Labute approximate surface area is 151 Å². The summed E-state index contributed by atoms with van der Waals surface area (Å²) in [4.78, 5) is 23.2. The first kappa shape index (κ1) is 16.1. The van der Waals surface area contributed by atoms with E-state index in [0.29, 0.717) is 17.2 Å². The number of benzene rings is 2. The third-order valence-electron chi connectivity index (χ3n) is 4.38. The Bertz CT molecular complexity index is 923. The van der Waals surface area contributed by atoms with E-state index in [2.05, 4.69) is 32.3 Å². The highest BCUT2D eigenvalue weighted by Crippen LogP contribution is 2.31. The van der Waals surface area contributed by atoms with Gasteiger partial charge in [0.05, 0.1) is 12.7 Å². The van der Waals surface area contributed by atoms with E-state index < -0.39 is 0 Å². The average Bonchev–Trinajstić information content (AvgIpc) is 3.13. The molecule has 0 bridgehead atoms. The van der Waals surface area contributed by atoms with Gasteiger partial charge in [-0.05, 0) is 42.3 Å². The molecule has 1 aliphatic heterocycles. The Balaban J connectivity index is 1.48. The topological polar surface area (TPSA) is 67.3 Å². The van der Waals surface area contributed by atoms with Gasteiger partial charge in [-0.15, -0.1) is 0 Å². The molecule has 1 N–H and O–H groups in total. The Morgan fingerprint density at radius 2 is 1.81 bits per heavy atom. The molecule has 0 saturated heterocycles. The van der Waals surface area contributed by atoms with E-state index in [4.69, 9.17) is 4.74 Å². The summed E-state index contributed by atoms with van der Waals surface area (Å²) in [5, 5.41) is 2.83. The van der Waals surface area contributed by atoms with Gasteiger partial charge in [0.15, 0.2) is 0 Å². The molecule has 0 spiro atoms. The smallest absolute Gasteiger partial charge is 0.258 e. The molecule has 0 aliphatic carbocycles. The molecule has 3 aromatic rings. The maximum Gasteiger partial charge on any atom is 0.258 e. The molecule has 1 aliphatic rings. The van der Waals surface area contributed by atoms with E-state index in [1.165, 1.54) is 5.56 Å². The van der Waals surface area contributed by atoms with Crippen molar-refractivity contribution in [1.82, 2.24) is 9.97 Å². The minimum atomic E-state index is -0.247. The zero-order valence-corrected chi connectivity index (χ0v) is 14.3. The van der Waals surface area contributed by atoms with Gasteiger partial charge in [-0.1, -0.05) is 18.2 Å². The third-order valence-corrected chi connectivity index (χ3v) is 4.38. The van der Waals surface area contributed by atoms with E-state index >= 15 is 0 Å². The van der Waals surface area contributed by atoms with Crippen LogP contribution in [-0.4, -0.2) is 29.5 Å². The van der Waals surface area contributed by atoms with Crippen LogP contribution < -0.4 is 15.0 Å². The summed E-state index contributed by atoms with van der Waals surface area (Å²) in [6, 6.07) is 15.4. The molecule has 6 heteroatoms. The number of carbonyl (C=O) groups excluding carboxylic acids is 1. The summed E-state index contributed by atoms with van der Waals surface area (Å²) < 4.78 is 5.11. The van der Waals surface area contributed by atoms with Crippen LogP contribution in [0.4, 0.5) is 17.3 Å². The van der Waals surface area contributed by atoms with Crippen LogP contribution in [0.15, 0.2) is 60.9 Å². The summed E-state index contributed by atoms with van der Waals surface area (Å²) >= 11 is 0. The molecule has 1 amide bonds. The van der Waals surface area contributed by atoms with Gasteiger partial charge in [0.2, 0.25) is 5.95 Å². The number of rotatable bonds is 4. The van der Waals surface area contributed by atoms with Crippen LogP contribution in [0.2, 0.25) is 0 Å². The number of nitrogens with zero attached hydrogens (tertiary/aromatic N) is 3. The highest BCUT2D eigenvalue weighted by molar-refractivity contribution is 6.03. The molecule has 130 valence electrons. The van der Waals surface area contributed by atoms with Crippen molar-refractivity contribution in [3.63, 3.8) is 0 Å². The minimum Gasteiger partial charge on any atom is -0.497 e. The van der Waals surface area contributed by atoms with Gasteiger partial charge in [-0.2, -0.15) is 0 Å². The number of nitrogens with one attached hydrogen (secondary N) is 1. The molecular weight excluding hydrogens is 328 g/mol. The number of aromatic nitrogens is 2. The number of amides is 1. The Morgan fingerprint density at radius 3 is 2.54 bits per heavy atom. The number of fused-ring (bicyclic) bond motifs is 1. The first-order chi connectivity index (χ1) is 12.7. The van der Waals surface area contributed by atoms with Gasteiger partial charge in [0.1, 0.15) is 5.75 Å². The highest BCUT2D eigenvalue weighted by atomic mass is 16.5. The van der Waals surface area contributed by atoms with Crippen LogP contribution in [0.1, 0.15) is 15.9 Å². The minimum absolute atomic E-state index is 0.247. The second kappa shape index (κ2) is 6.84. The number of hydrogen-bond acceptors (Lipinski definition) is 5. The Kier molecular flexibility index (Phi) is 4.23. The lowest BCUT2D eigenvalue weighted by molar-refractivity contribution is 0.102. The monoisotopic (exact) mass is 346 g/mol. The van der Waals surface area contributed by atoms with Crippen molar-refractivity contribution < 1.29 is 9.53 Å². The normalized spacial score (nSPS) is 12.6. The van der Waals surface area contributed by atoms with Crippen molar-refractivity contribution in [2.24, 2.45) is 0 Å². The van der Waals surface area contributed by atoms with Gasteiger partial charge < -0.3 is 15.0 Å². The third kappa shape index (κ3) is 3.09. The van der Waals surface area contributed by atoms with Crippen molar-refractivity contribution in [2.45, 2.75) is 6.42 Å². The second-order valence-corrected chi connectivity index (χ2v) is 5.98. The number of anilines is 3. The highest BCUT2D eigenvalue weighted by Gasteiger charge is 2.22. The number of para-hydroxylation sites is 1. The van der Waals surface area contributed by atoms with Crippen LogP contribution in [0, 0.1) is 0 Å². The fourth-order valence-electron chi connectivity index (χ4n) is 3.00. The predicted octanol–water partition coefficient (Wildman–Crippen LogP) is 3.43. The number of hydrogen-bond donors (Lipinski definition) is 1. The first-order valence-corrected chi connectivity index (χ1v) is 8.37. The van der Waals surface area contributed by atoms with E-state index in [1.54, 1.807) is 43.8 Å². The molecule has 0 saturated carbocycles. The lowest BCUT2D eigenvalue weighted by atomic mass is 10.2. The van der Waals surface area contributed by atoms with Crippen molar-refractivity contribution in [2.75, 3.05) is 23.9 Å². The summed E-state index contributed by atoms with van der Waals surface area (Å²) in [5.41, 5.74) is 3.52. The van der Waals surface area contributed by atoms with Crippen molar-refractivity contribution in [3.8, 4) is 5.75 Å². The molecule has 0 unspecified atom stereocenters. The molecule has 2 aromatic carbocycles. The average molecular weight is 346 g/mol. The van der Waals surface area contributed by atoms with E-state index in [1.807, 2.05) is 12.1 Å². The quantitative estimate of drug-likeness (QED) is 0.784. The van der Waals surface area contributed by atoms with Gasteiger partial charge in [-0.3, -0.25) is 4.79 Å². The summed E-state index contributed by atoms with van der Waals surface area (Å²) in [6.07, 6.45) is 4.09. The summed E-state index contributed by atoms with van der Waals surface area (Å²) in [7, 11) is 1.60. The van der Waals surface area contributed by atoms with Crippen molar-refractivity contribution >= 4 is 23.2 Å². The van der Waals surface area contributed by atoms with Crippen molar-refractivity contribution in [1.29, 1.82) is 0 Å². The summed E-state index contributed by atoms with van der Waals surface area (Å²) in [5.74, 6) is 1.10. The van der Waals surface area contributed by atoms with Crippen LogP contribution in [0.5, 0.6) is 5.75 Å². The zero-order chi connectivity index (χ0) is 17.9. The zero-order valence-electron chi connectivity index (χ0n) is 14.3. The van der Waals surface area contributed by atoms with Gasteiger partial charge >= 0.3 is 0 Å². The Hall–Kier alpha value is -3.41. The number of ether oxygens (including phenoxy) is 1. The second-order valence-electron chi connectivity index (χ2n) is 5.98. The van der Waals surface area contributed by atoms with E-state index in [-0.39, 0.29) is 5.91 Å². The van der Waals surface area contributed by atoms with Crippen LogP contribution in [0.3, 0.4) is 0 Å². The van der Waals surface area contributed by atoms with Crippen molar-refractivity contribution in [3.05, 3.63) is 72.1 Å². The first-order valence-electron chi connectivity index (χ1n) is 8.37. The molecule has 6 nitrogen and oxygen atoms in total. The maximum absolute atomic E-state index is 12.4. The fourth-order valence-corrected chi connectivity index (χ4v) is 3.00. The van der Waals surface area contributed by atoms with Gasteiger partial charge in [0.25, 0.3) is 5.91 Å². The van der Waals surface area contributed by atoms with Crippen LogP contribution in [0.25, 0.3) is 0 Å². The SMILES string of the molecule is COc1ccc(NC(=O)c2cnc(N3CCc4ccccc43)nc2)cc1. The molecule has 26 heavy (non-hydrogen) atoms. The molecule has 1 aromatic heterocycles. The Morgan fingerprint density at radius 1 is 1.08 bits per heavy atom. The molecule has 0 fully saturated rings. The van der Waals surface area contributed by atoms with E-state index in [0.717, 1.165) is 24.4 Å². The van der Waals surface area contributed by atoms with Gasteiger partial charge in [0, 0.05) is 30.3 Å². The lowest BCUT2D eigenvalue weighted by Gasteiger charge is -2.16. The van der Waals surface area contributed by atoms with E-state index in [9.17, 15) is 4.79 Å². The van der Waals surface area contributed by atoms with Gasteiger partial charge in [-0.25, -0.2) is 9.97 Å². The molecule has 0 radical (unpaired) electrons. The standard InChI is InChI=1S/C20H18N4O2/c1-26-17-8-6-16(7-9-17)23-19(25)15-12-21-20(22-13-15)24-11-10-14-4-2-3-5-18(14)24/h2-9,12-13H,10-11H2,1H3,(H,23,25). The lowest BCUT2D eigenvalue weighted by Crippen LogP contribution is -2.18. The summed E-state index contributed by atoms with van der Waals surface area (Å²) in [6.45, 7) is 0.844. The maximum atomic E-state index is 12.4. The largest absolute Gasteiger partial charge is 0.497 e. The molecule has 2 heterocycles. The number of methoxy groups -OCH3 is 1. The molecule has 4 rings (SSSR count). The predicted molar refractivity (Wildman–Crippen MR) is 100 cm³/mol. The van der Waals surface area contributed by atoms with Crippen LogP contribution in [-0.2, 0) is 6.42 Å². The number of carbonyl (C=O) groups is 1. The fraction of sp³-hybridized carbons (Fsp3) is 0.150.